The third kappa shape index (κ3) is 5.61. The third-order valence-corrected chi connectivity index (χ3v) is 5.44. The average Bonchev–Trinajstić information content (AvgIpc) is 2.74. The number of hydrogen-bond donors (Lipinski definition) is 1. The summed E-state index contributed by atoms with van der Waals surface area (Å²) in [6.07, 6.45) is 0. The lowest BCUT2D eigenvalue weighted by atomic mass is 10.1. The molecule has 150 valence electrons. The van der Waals surface area contributed by atoms with E-state index in [9.17, 15) is 4.79 Å². The van der Waals surface area contributed by atoms with Gasteiger partial charge in [-0.15, -0.1) is 0 Å². The average molecular weight is 452 g/mol. The first kappa shape index (κ1) is 20.9. The van der Waals surface area contributed by atoms with Crippen LogP contribution < -0.4 is 10.2 Å². The fourth-order valence-corrected chi connectivity index (χ4v) is 3.39. The molecule has 0 spiro atoms. The van der Waals surface area contributed by atoms with Gasteiger partial charge in [0.15, 0.2) is 0 Å². The van der Waals surface area contributed by atoms with Crippen LogP contribution in [0.4, 0.5) is 16.2 Å². The van der Waals surface area contributed by atoms with Crippen molar-refractivity contribution in [3.05, 3.63) is 94.5 Å². The number of amides is 2. The Balaban J connectivity index is 1.84. The van der Waals surface area contributed by atoms with Crippen LogP contribution in [0.25, 0.3) is 0 Å². The molecule has 0 aliphatic heterocycles. The van der Waals surface area contributed by atoms with Crippen LogP contribution in [0.15, 0.2) is 83.3 Å². The predicted octanol–water partition coefficient (Wildman–Crippen LogP) is 6.31. The summed E-state index contributed by atoms with van der Waals surface area (Å²) in [6, 6.07) is 25.8. The summed E-state index contributed by atoms with van der Waals surface area (Å²) < 4.78 is 0.978. The number of nitrogens with one attached hydrogen (secondary N) is 1. The van der Waals surface area contributed by atoms with Gasteiger partial charge < -0.3 is 15.1 Å². The van der Waals surface area contributed by atoms with Crippen LogP contribution in [0.5, 0.6) is 0 Å². The minimum absolute atomic E-state index is 0.0693. The molecule has 5 heteroatoms. The molecule has 3 rings (SSSR count). The zero-order valence-electron chi connectivity index (χ0n) is 17.0. The van der Waals surface area contributed by atoms with E-state index in [2.05, 4.69) is 69.5 Å². The van der Waals surface area contributed by atoms with Crippen LogP contribution >= 0.6 is 15.9 Å². The molecular formula is C24H26BrN3O. The van der Waals surface area contributed by atoms with Crippen molar-refractivity contribution in [1.29, 1.82) is 0 Å². The summed E-state index contributed by atoms with van der Waals surface area (Å²) in [6.45, 7) is 2.58. The highest BCUT2D eigenvalue weighted by Crippen LogP contribution is 2.25. The summed E-state index contributed by atoms with van der Waals surface area (Å²) in [7, 11) is 4.04. The lowest BCUT2D eigenvalue weighted by Crippen LogP contribution is -2.36. The van der Waals surface area contributed by atoms with Gasteiger partial charge in [0.05, 0.1) is 6.04 Å². The van der Waals surface area contributed by atoms with Gasteiger partial charge in [-0.1, -0.05) is 58.4 Å². The third-order valence-electron chi connectivity index (χ3n) is 4.91. The van der Waals surface area contributed by atoms with Crippen LogP contribution in [-0.2, 0) is 6.54 Å². The highest BCUT2D eigenvalue weighted by molar-refractivity contribution is 9.10. The normalized spacial score (nSPS) is 11.6. The van der Waals surface area contributed by atoms with E-state index in [0.29, 0.717) is 6.54 Å². The molecule has 0 saturated heterocycles. The predicted molar refractivity (Wildman–Crippen MR) is 124 cm³/mol. The molecule has 0 fully saturated rings. The fraction of sp³-hybridized carbons (Fsp3) is 0.208. The summed E-state index contributed by atoms with van der Waals surface area (Å²) in [5, 5.41) is 3.03. The first-order chi connectivity index (χ1) is 13.9. The Hall–Kier alpha value is -2.79. The number of rotatable bonds is 6. The lowest BCUT2D eigenvalue weighted by molar-refractivity contribution is 0.189. The van der Waals surface area contributed by atoms with Crippen LogP contribution in [0, 0.1) is 0 Å². The van der Waals surface area contributed by atoms with E-state index in [4.69, 9.17) is 0 Å². The van der Waals surface area contributed by atoms with Gasteiger partial charge >= 0.3 is 6.03 Å². The van der Waals surface area contributed by atoms with Crippen molar-refractivity contribution in [2.24, 2.45) is 0 Å². The molecule has 1 N–H and O–H groups in total. The number of halogens is 1. The zero-order chi connectivity index (χ0) is 20.8. The maximum absolute atomic E-state index is 13.2. The molecule has 1 atom stereocenters. The number of carbonyl (C=O) groups is 1. The quantitative estimate of drug-likeness (QED) is 0.476. The number of urea groups is 1. The van der Waals surface area contributed by atoms with Crippen molar-refractivity contribution in [2.45, 2.75) is 19.5 Å². The fourth-order valence-electron chi connectivity index (χ4n) is 3.12. The highest BCUT2D eigenvalue weighted by Gasteiger charge is 2.22. The maximum Gasteiger partial charge on any atom is 0.322 e. The SMILES string of the molecule is CC(c1ccccc1)N(Cc1ccc(N(C)C)cc1)C(=O)Nc1ccc(Br)cc1. The van der Waals surface area contributed by atoms with Gasteiger partial charge in [-0.2, -0.15) is 0 Å². The second-order valence-electron chi connectivity index (χ2n) is 7.21. The van der Waals surface area contributed by atoms with Crippen molar-refractivity contribution in [3.8, 4) is 0 Å². The Labute approximate surface area is 181 Å². The van der Waals surface area contributed by atoms with Crippen LogP contribution in [0.1, 0.15) is 24.1 Å². The smallest absolute Gasteiger partial charge is 0.322 e. The summed E-state index contributed by atoms with van der Waals surface area (Å²) in [5.74, 6) is 0. The number of nitrogens with zero attached hydrogens (tertiary/aromatic N) is 2. The Kier molecular flexibility index (Phi) is 6.94. The molecule has 0 heterocycles. The number of anilines is 2. The van der Waals surface area contributed by atoms with Gasteiger partial charge in [0.2, 0.25) is 0 Å². The first-order valence-corrected chi connectivity index (χ1v) is 10.4. The van der Waals surface area contributed by atoms with Crippen molar-refractivity contribution < 1.29 is 4.79 Å². The molecule has 0 aliphatic rings. The van der Waals surface area contributed by atoms with Crippen molar-refractivity contribution >= 4 is 33.3 Å². The van der Waals surface area contributed by atoms with E-state index in [-0.39, 0.29) is 12.1 Å². The standard InChI is InChI=1S/C24H26BrN3O/c1-18(20-7-5-4-6-8-20)28(17-19-9-15-23(16-10-19)27(2)3)24(29)26-22-13-11-21(25)12-14-22/h4-16,18H,17H2,1-3H3,(H,26,29). The number of hydrogen-bond acceptors (Lipinski definition) is 2. The van der Waals surface area contributed by atoms with E-state index in [1.807, 2.05) is 61.5 Å². The molecule has 1 unspecified atom stereocenters. The van der Waals surface area contributed by atoms with E-state index in [0.717, 1.165) is 27.0 Å². The van der Waals surface area contributed by atoms with Crippen molar-refractivity contribution in [3.63, 3.8) is 0 Å². The van der Waals surface area contributed by atoms with Crippen LogP contribution in [-0.4, -0.2) is 25.0 Å². The second-order valence-corrected chi connectivity index (χ2v) is 8.13. The van der Waals surface area contributed by atoms with Crippen LogP contribution in [0.2, 0.25) is 0 Å². The Morgan fingerprint density at radius 3 is 2.14 bits per heavy atom. The minimum Gasteiger partial charge on any atom is -0.378 e. The largest absolute Gasteiger partial charge is 0.378 e. The van der Waals surface area contributed by atoms with Crippen LogP contribution in [0.3, 0.4) is 0 Å². The van der Waals surface area contributed by atoms with E-state index >= 15 is 0 Å². The van der Waals surface area contributed by atoms with Gasteiger partial charge in [-0.05, 0) is 54.4 Å². The molecule has 0 bridgehead atoms. The molecular weight excluding hydrogens is 426 g/mol. The molecule has 4 nitrogen and oxygen atoms in total. The topological polar surface area (TPSA) is 35.6 Å². The first-order valence-electron chi connectivity index (χ1n) is 9.58. The number of carbonyl (C=O) groups excluding carboxylic acids is 1. The van der Waals surface area contributed by atoms with E-state index in [1.165, 1.54) is 0 Å². The highest BCUT2D eigenvalue weighted by atomic mass is 79.9. The molecule has 2 amide bonds. The lowest BCUT2D eigenvalue weighted by Gasteiger charge is -2.30. The van der Waals surface area contributed by atoms with Gasteiger partial charge in [0.25, 0.3) is 0 Å². The molecule has 3 aromatic carbocycles. The Morgan fingerprint density at radius 2 is 1.55 bits per heavy atom. The molecule has 29 heavy (non-hydrogen) atoms. The Bertz CT molecular complexity index is 925. The van der Waals surface area contributed by atoms with E-state index < -0.39 is 0 Å². The van der Waals surface area contributed by atoms with E-state index in [1.54, 1.807) is 0 Å². The van der Waals surface area contributed by atoms with Gasteiger partial charge in [0.1, 0.15) is 0 Å². The minimum atomic E-state index is -0.125. The molecule has 0 aromatic heterocycles. The second kappa shape index (κ2) is 9.61. The molecule has 0 radical (unpaired) electrons. The van der Waals surface area contributed by atoms with Gasteiger partial charge in [-0.3, -0.25) is 0 Å². The molecule has 3 aromatic rings. The summed E-state index contributed by atoms with van der Waals surface area (Å²) in [5.41, 5.74) is 4.09. The van der Waals surface area contributed by atoms with Crippen molar-refractivity contribution in [2.75, 3.05) is 24.3 Å². The van der Waals surface area contributed by atoms with Gasteiger partial charge in [0, 0.05) is 36.5 Å². The zero-order valence-corrected chi connectivity index (χ0v) is 18.6. The summed E-state index contributed by atoms with van der Waals surface area (Å²) in [4.78, 5) is 17.1. The monoisotopic (exact) mass is 451 g/mol. The summed E-state index contributed by atoms with van der Waals surface area (Å²) >= 11 is 3.43. The molecule has 0 aliphatic carbocycles. The Morgan fingerprint density at radius 1 is 0.931 bits per heavy atom. The maximum atomic E-state index is 13.2. The number of benzene rings is 3. The van der Waals surface area contributed by atoms with Gasteiger partial charge in [-0.25, -0.2) is 4.79 Å². The molecule has 0 saturated carbocycles. The van der Waals surface area contributed by atoms with Crippen molar-refractivity contribution in [1.82, 2.24) is 4.90 Å².